The van der Waals surface area contributed by atoms with E-state index in [-0.39, 0.29) is 17.1 Å². The van der Waals surface area contributed by atoms with Gasteiger partial charge in [0, 0.05) is 10.9 Å². The predicted octanol–water partition coefficient (Wildman–Crippen LogP) is 5.32. The molecule has 37 heavy (non-hydrogen) atoms. The lowest BCUT2D eigenvalue weighted by Gasteiger charge is -2.38. The molecule has 0 saturated carbocycles. The molecular formula is C30H38N6O. The summed E-state index contributed by atoms with van der Waals surface area (Å²) < 4.78 is 1.93. The maximum absolute atomic E-state index is 13.7. The predicted molar refractivity (Wildman–Crippen MR) is 148 cm³/mol. The van der Waals surface area contributed by atoms with Crippen LogP contribution in [-0.4, -0.2) is 43.2 Å². The van der Waals surface area contributed by atoms with Crippen LogP contribution in [0.4, 0.5) is 0 Å². The van der Waals surface area contributed by atoms with E-state index in [0.717, 1.165) is 66.6 Å². The summed E-state index contributed by atoms with van der Waals surface area (Å²) in [5.41, 5.74) is 4.89. The molecule has 7 nitrogen and oxygen atoms in total. The minimum Gasteiger partial charge on any atom is -0.321 e. The Morgan fingerprint density at radius 3 is 2.46 bits per heavy atom. The Morgan fingerprint density at radius 2 is 1.76 bits per heavy atom. The number of nitrogens with zero attached hydrogens (tertiary/aromatic N) is 5. The first-order valence-electron chi connectivity index (χ1n) is 13.5. The third-order valence-electron chi connectivity index (χ3n) is 8.33. The van der Waals surface area contributed by atoms with Gasteiger partial charge in [-0.15, -0.1) is 5.10 Å². The number of hydrogen-bond acceptors (Lipinski definition) is 5. The number of pyridine rings is 1. The highest BCUT2D eigenvalue weighted by molar-refractivity contribution is 5.85. The van der Waals surface area contributed by atoms with Crippen LogP contribution in [0.3, 0.4) is 0 Å². The highest BCUT2D eigenvalue weighted by Crippen LogP contribution is 2.34. The molecule has 0 spiro atoms. The normalized spacial score (nSPS) is 16.4. The SMILES string of the molecule is CCC(C)(C)n1nnnc1[C@H](c1cc2c(C)ccc(C)c2[nH]c1=O)N1CCC(Cc2ccccc2)CC1. The number of rotatable bonds is 7. The maximum atomic E-state index is 13.7. The van der Waals surface area contributed by atoms with Crippen molar-refractivity contribution in [2.75, 3.05) is 13.1 Å². The molecule has 2 aromatic heterocycles. The van der Waals surface area contributed by atoms with Crippen LogP contribution in [-0.2, 0) is 12.0 Å². The van der Waals surface area contributed by atoms with Crippen LogP contribution in [0.25, 0.3) is 10.9 Å². The Labute approximate surface area is 218 Å². The summed E-state index contributed by atoms with van der Waals surface area (Å²) in [6.07, 6.45) is 4.12. The van der Waals surface area contributed by atoms with Gasteiger partial charge >= 0.3 is 0 Å². The largest absolute Gasteiger partial charge is 0.321 e. The van der Waals surface area contributed by atoms with E-state index < -0.39 is 0 Å². The minimum absolute atomic E-state index is 0.0681. The van der Waals surface area contributed by atoms with Crippen molar-refractivity contribution >= 4 is 10.9 Å². The molecule has 0 amide bonds. The van der Waals surface area contributed by atoms with Crippen molar-refractivity contribution in [2.45, 2.75) is 71.9 Å². The van der Waals surface area contributed by atoms with Crippen molar-refractivity contribution in [3.63, 3.8) is 0 Å². The van der Waals surface area contributed by atoms with E-state index >= 15 is 0 Å². The second-order valence-electron chi connectivity index (χ2n) is 11.2. The molecule has 2 aromatic carbocycles. The average Bonchev–Trinajstić information content (AvgIpc) is 3.39. The Balaban J connectivity index is 1.55. The summed E-state index contributed by atoms with van der Waals surface area (Å²) in [7, 11) is 0. The lowest BCUT2D eigenvalue weighted by atomic mass is 9.88. The van der Waals surface area contributed by atoms with Crippen molar-refractivity contribution in [3.05, 3.63) is 87.0 Å². The monoisotopic (exact) mass is 498 g/mol. The van der Waals surface area contributed by atoms with E-state index in [4.69, 9.17) is 0 Å². The second kappa shape index (κ2) is 10.2. The summed E-state index contributed by atoms with van der Waals surface area (Å²) in [5.74, 6) is 1.37. The van der Waals surface area contributed by atoms with Crippen LogP contribution >= 0.6 is 0 Å². The van der Waals surface area contributed by atoms with Crippen molar-refractivity contribution in [1.29, 1.82) is 0 Å². The van der Waals surface area contributed by atoms with Crippen molar-refractivity contribution in [2.24, 2.45) is 5.92 Å². The number of H-pyrrole nitrogens is 1. The van der Waals surface area contributed by atoms with Gasteiger partial charge in [0.05, 0.1) is 11.1 Å². The summed E-state index contributed by atoms with van der Waals surface area (Å²) in [5, 5.41) is 14.1. The smallest absolute Gasteiger partial charge is 0.253 e. The van der Waals surface area contributed by atoms with Gasteiger partial charge in [0.25, 0.3) is 5.56 Å². The number of aromatic amines is 1. The highest BCUT2D eigenvalue weighted by Gasteiger charge is 2.36. The zero-order valence-corrected chi connectivity index (χ0v) is 22.7. The van der Waals surface area contributed by atoms with Gasteiger partial charge in [-0.3, -0.25) is 9.69 Å². The first kappa shape index (κ1) is 25.3. The number of aryl methyl sites for hydroxylation is 2. The topological polar surface area (TPSA) is 79.7 Å². The Kier molecular flexibility index (Phi) is 6.99. The van der Waals surface area contributed by atoms with Crippen LogP contribution < -0.4 is 5.56 Å². The molecule has 5 rings (SSSR count). The van der Waals surface area contributed by atoms with E-state index in [2.05, 4.69) is 102 Å². The second-order valence-corrected chi connectivity index (χ2v) is 11.2. The molecule has 0 radical (unpaired) electrons. The summed E-state index contributed by atoms with van der Waals surface area (Å²) in [4.78, 5) is 19.3. The third-order valence-corrected chi connectivity index (χ3v) is 8.33. The number of nitrogens with one attached hydrogen (secondary N) is 1. The Morgan fingerprint density at radius 1 is 1.05 bits per heavy atom. The van der Waals surface area contributed by atoms with Gasteiger partial charge in [-0.1, -0.05) is 49.4 Å². The summed E-state index contributed by atoms with van der Waals surface area (Å²) in [6, 6.07) is 16.7. The molecule has 1 N–H and O–H groups in total. The molecule has 4 aromatic rings. The number of tetrazole rings is 1. The van der Waals surface area contributed by atoms with E-state index in [1.165, 1.54) is 5.56 Å². The molecule has 1 fully saturated rings. The highest BCUT2D eigenvalue weighted by atomic mass is 16.1. The van der Waals surface area contributed by atoms with Crippen molar-refractivity contribution < 1.29 is 0 Å². The summed E-state index contributed by atoms with van der Waals surface area (Å²) >= 11 is 0. The molecule has 1 atom stereocenters. The van der Waals surface area contributed by atoms with E-state index in [9.17, 15) is 4.79 Å². The average molecular weight is 499 g/mol. The minimum atomic E-state index is -0.313. The van der Waals surface area contributed by atoms with Gasteiger partial charge in [0.2, 0.25) is 0 Å². The number of piperidine rings is 1. The van der Waals surface area contributed by atoms with Crippen LogP contribution in [0.1, 0.15) is 74.2 Å². The van der Waals surface area contributed by atoms with Gasteiger partial charge in [0.1, 0.15) is 6.04 Å². The molecule has 0 aliphatic carbocycles. The zero-order chi connectivity index (χ0) is 26.2. The molecule has 1 aliphatic heterocycles. The zero-order valence-electron chi connectivity index (χ0n) is 22.7. The number of fused-ring (bicyclic) bond motifs is 1. The van der Waals surface area contributed by atoms with E-state index in [1.54, 1.807) is 0 Å². The fourth-order valence-electron chi connectivity index (χ4n) is 5.60. The quantitative estimate of drug-likeness (QED) is 0.373. The lowest BCUT2D eigenvalue weighted by Crippen LogP contribution is -2.42. The van der Waals surface area contributed by atoms with Crippen LogP contribution in [0.2, 0.25) is 0 Å². The fraction of sp³-hybridized carbons (Fsp3) is 0.467. The lowest BCUT2D eigenvalue weighted by molar-refractivity contribution is 0.137. The van der Waals surface area contributed by atoms with Crippen LogP contribution in [0.5, 0.6) is 0 Å². The van der Waals surface area contributed by atoms with Crippen LogP contribution in [0, 0.1) is 19.8 Å². The van der Waals surface area contributed by atoms with Crippen LogP contribution in [0.15, 0.2) is 53.3 Å². The first-order valence-corrected chi connectivity index (χ1v) is 13.5. The molecule has 0 bridgehead atoms. The van der Waals surface area contributed by atoms with E-state index in [1.807, 2.05) is 11.6 Å². The maximum Gasteiger partial charge on any atom is 0.253 e. The standard InChI is InChI=1S/C30H38N6O/c1-6-30(4,5)36-28(32-33-34-36)27(25-19-24-20(2)12-13-21(3)26(24)31-29(25)37)35-16-14-23(15-17-35)18-22-10-8-7-9-11-22/h7-13,19,23,27H,6,14-18H2,1-5H3,(H,31,37)/t27-/m0/s1. The molecule has 7 heteroatoms. The number of aromatic nitrogens is 5. The molecule has 0 unspecified atom stereocenters. The number of likely N-dealkylation sites (tertiary alicyclic amines) is 1. The molecular weight excluding hydrogens is 460 g/mol. The Bertz CT molecular complexity index is 1430. The van der Waals surface area contributed by atoms with Gasteiger partial charge in [-0.05, 0) is 106 Å². The molecule has 3 heterocycles. The van der Waals surface area contributed by atoms with E-state index in [0.29, 0.717) is 11.5 Å². The molecule has 194 valence electrons. The van der Waals surface area contributed by atoms with Gasteiger partial charge in [0.15, 0.2) is 5.82 Å². The number of hydrogen-bond donors (Lipinski definition) is 1. The molecule has 1 aliphatic rings. The first-order chi connectivity index (χ1) is 17.8. The third kappa shape index (κ3) is 4.97. The number of benzene rings is 2. The van der Waals surface area contributed by atoms with Gasteiger partial charge in [-0.2, -0.15) is 0 Å². The Hall–Kier alpha value is -3.32. The van der Waals surface area contributed by atoms with Crippen molar-refractivity contribution in [3.8, 4) is 0 Å². The molecule has 1 saturated heterocycles. The van der Waals surface area contributed by atoms with Gasteiger partial charge in [-0.25, -0.2) is 4.68 Å². The van der Waals surface area contributed by atoms with Gasteiger partial charge < -0.3 is 4.98 Å². The summed E-state index contributed by atoms with van der Waals surface area (Å²) in [6.45, 7) is 12.4. The van der Waals surface area contributed by atoms with Crippen molar-refractivity contribution in [1.82, 2.24) is 30.1 Å². The fourth-order valence-corrected chi connectivity index (χ4v) is 5.60.